The molecule has 0 spiro atoms. The number of halogens is 6. The molecule has 0 amide bonds. The Morgan fingerprint density at radius 1 is 1.42 bits per heavy atom. The zero-order valence-electron chi connectivity index (χ0n) is 9.38. The zero-order valence-corrected chi connectivity index (χ0v) is 10.2. The summed E-state index contributed by atoms with van der Waals surface area (Å²) in [5.41, 5.74) is -0.922. The summed E-state index contributed by atoms with van der Waals surface area (Å²) in [6.07, 6.45) is -4.03. The van der Waals surface area contributed by atoms with Crippen molar-refractivity contribution in [1.29, 1.82) is 0 Å². The summed E-state index contributed by atoms with van der Waals surface area (Å²) >= 11 is 0. The fourth-order valence-corrected chi connectivity index (χ4v) is 1.57. The highest BCUT2D eigenvalue weighted by molar-refractivity contribution is 5.85. The maximum Gasteiger partial charge on any atom is 0.297 e. The summed E-state index contributed by atoms with van der Waals surface area (Å²) in [6, 6.07) is 0.633. The highest BCUT2D eigenvalue weighted by Crippen LogP contribution is 2.28. The van der Waals surface area contributed by atoms with Crippen LogP contribution in [0.2, 0.25) is 0 Å². The highest BCUT2D eigenvalue weighted by Gasteiger charge is 2.46. The first-order valence-electron chi connectivity index (χ1n) is 5.09. The Hall–Kier alpha value is -1.15. The number of alkyl halides is 4. The van der Waals surface area contributed by atoms with E-state index in [4.69, 9.17) is 4.74 Å². The lowest BCUT2D eigenvalue weighted by atomic mass is 10.2. The average Bonchev–Trinajstić information content (AvgIpc) is 2.60. The van der Waals surface area contributed by atoms with E-state index in [1.165, 1.54) is 0 Å². The molecule has 1 fully saturated rings. The minimum atomic E-state index is -3.11. The zero-order chi connectivity index (χ0) is 13.3. The second-order valence-electron chi connectivity index (χ2n) is 3.84. The molecule has 1 atom stereocenters. The molecular formula is C10H10ClF5N2O. The largest absolute Gasteiger partial charge is 0.466 e. The molecule has 3 nitrogen and oxygen atoms in total. The van der Waals surface area contributed by atoms with Gasteiger partial charge in [-0.15, -0.1) is 12.4 Å². The van der Waals surface area contributed by atoms with Gasteiger partial charge in [0.25, 0.3) is 12.3 Å². The second kappa shape index (κ2) is 5.87. The van der Waals surface area contributed by atoms with Gasteiger partial charge in [-0.1, -0.05) is 0 Å². The van der Waals surface area contributed by atoms with Gasteiger partial charge in [-0.3, -0.25) is 0 Å². The normalized spacial score (nSPS) is 21.3. The average molecular weight is 305 g/mol. The van der Waals surface area contributed by atoms with Crippen molar-refractivity contribution in [2.45, 2.75) is 18.5 Å². The van der Waals surface area contributed by atoms with Crippen LogP contribution in [0.15, 0.2) is 12.3 Å². The van der Waals surface area contributed by atoms with Crippen molar-refractivity contribution in [3.8, 4) is 5.88 Å². The number of hydrogen-bond acceptors (Lipinski definition) is 3. The van der Waals surface area contributed by atoms with E-state index >= 15 is 0 Å². The van der Waals surface area contributed by atoms with E-state index in [9.17, 15) is 22.0 Å². The predicted molar refractivity (Wildman–Crippen MR) is 58.6 cm³/mol. The molecule has 2 heterocycles. The summed E-state index contributed by atoms with van der Waals surface area (Å²) in [7, 11) is 0. The van der Waals surface area contributed by atoms with Crippen LogP contribution in [0, 0.1) is 5.82 Å². The van der Waals surface area contributed by atoms with Gasteiger partial charge in [0.05, 0.1) is 18.3 Å². The van der Waals surface area contributed by atoms with Crippen LogP contribution in [0.1, 0.15) is 12.0 Å². The van der Waals surface area contributed by atoms with Gasteiger partial charge in [-0.05, 0) is 0 Å². The monoisotopic (exact) mass is 304 g/mol. The Labute approximate surface area is 111 Å². The number of rotatable bonds is 3. The summed E-state index contributed by atoms with van der Waals surface area (Å²) in [5, 5.41) is 2.41. The van der Waals surface area contributed by atoms with Gasteiger partial charge in [0.15, 0.2) is 11.9 Å². The van der Waals surface area contributed by atoms with Crippen LogP contribution in [0.3, 0.4) is 0 Å². The first-order chi connectivity index (χ1) is 8.40. The molecule has 2 rings (SSSR count). The third-order valence-corrected chi connectivity index (χ3v) is 2.52. The SMILES string of the molecule is Cl.Fc1cnc(O[C@H]2CNCC2(F)F)cc1C(F)F. The van der Waals surface area contributed by atoms with Gasteiger partial charge in [-0.2, -0.15) is 0 Å². The molecule has 1 N–H and O–H groups in total. The smallest absolute Gasteiger partial charge is 0.297 e. The minimum absolute atomic E-state index is 0. The number of ether oxygens (including phenoxy) is 1. The summed E-state index contributed by atoms with van der Waals surface area (Å²) in [6.45, 7) is -0.684. The molecule has 0 bridgehead atoms. The maximum atomic E-state index is 13.2. The summed E-state index contributed by atoms with van der Waals surface area (Å²) in [4.78, 5) is 3.36. The van der Waals surface area contributed by atoms with Crippen LogP contribution in [-0.4, -0.2) is 30.1 Å². The molecule has 1 aliphatic heterocycles. The van der Waals surface area contributed by atoms with Crippen LogP contribution >= 0.6 is 12.4 Å². The molecule has 0 aliphatic carbocycles. The molecule has 0 aromatic carbocycles. The Morgan fingerprint density at radius 2 is 2.11 bits per heavy atom. The van der Waals surface area contributed by atoms with Gasteiger partial charge in [0, 0.05) is 12.6 Å². The number of pyridine rings is 1. The molecular weight excluding hydrogens is 295 g/mol. The number of hydrogen-bond donors (Lipinski definition) is 1. The Bertz CT molecular complexity index is 446. The van der Waals surface area contributed by atoms with Crippen molar-refractivity contribution in [3.05, 3.63) is 23.6 Å². The molecule has 1 aromatic heterocycles. The fraction of sp³-hybridized carbons (Fsp3) is 0.500. The van der Waals surface area contributed by atoms with E-state index < -0.39 is 42.3 Å². The number of aromatic nitrogens is 1. The molecule has 0 radical (unpaired) electrons. The lowest BCUT2D eigenvalue weighted by molar-refractivity contribution is -0.0613. The fourth-order valence-electron chi connectivity index (χ4n) is 1.57. The molecule has 1 aliphatic rings. The van der Waals surface area contributed by atoms with Crippen LogP contribution in [0.5, 0.6) is 5.88 Å². The lowest BCUT2D eigenvalue weighted by Gasteiger charge is -2.19. The van der Waals surface area contributed by atoms with Gasteiger partial charge in [-0.25, -0.2) is 26.9 Å². The van der Waals surface area contributed by atoms with Crippen molar-refractivity contribution in [2.24, 2.45) is 0 Å². The first-order valence-corrected chi connectivity index (χ1v) is 5.09. The van der Waals surface area contributed by atoms with Crippen LogP contribution in [0.4, 0.5) is 22.0 Å². The Kier molecular flexibility index (Phi) is 4.92. The number of nitrogens with zero attached hydrogens (tertiary/aromatic N) is 1. The van der Waals surface area contributed by atoms with Crippen molar-refractivity contribution < 1.29 is 26.7 Å². The van der Waals surface area contributed by atoms with E-state index in [0.717, 1.165) is 0 Å². The third kappa shape index (κ3) is 3.44. The van der Waals surface area contributed by atoms with E-state index in [0.29, 0.717) is 12.3 Å². The van der Waals surface area contributed by atoms with Crippen molar-refractivity contribution in [2.75, 3.05) is 13.1 Å². The summed E-state index contributed by atoms with van der Waals surface area (Å²) in [5.74, 6) is -4.75. The highest BCUT2D eigenvalue weighted by atomic mass is 35.5. The molecule has 0 unspecified atom stereocenters. The molecule has 9 heteroatoms. The lowest BCUT2D eigenvalue weighted by Crippen LogP contribution is -2.36. The van der Waals surface area contributed by atoms with E-state index in [2.05, 4.69) is 10.3 Å². The van der Waals surface area contributed by atoms with E-state index in [-0.39, 0.29) is 19.0 Å². The standard InChI is InChI=1S/C10H9F5N2O.ClH/c11-6-2-17-8(1-5(6)9(12)13)18-7-3-16-4-10(7,14)15;/h1-2,7,9,16H,3-4H2;1H/t7-;/m0./s1. The molecule has 1 aromatic rings. The second-order valence-corrected chi connectivity index (χ2v) is 3.84. The first kappa shape index (κ1) is 15.9. The van der Waals surface area contributed by atoms with Crippen molar-refractivity contribution in [3.63, 3.8) is 0 Å². The van der Waals surface area contributed by atoms with Gasteiger partial charge >= 0.3 is 0 Å². The van der Waals surface area contributed by atoms with Gasteiger partial charge in [0.2, 0.25) is 5.88 Å². The van der Waals surface area contributed by atoms with E-state index in [1.807, 2.05) is 0 Å². The Morgan fingerprint density at radius 3 is 2.63 bits per heavy atom. The number of nitrogens with one attached hydrogen (secondary N) is 1. The molecule has 0 saturated carbocycles. The van der Waals surface area contributed by atoms with Gasteiger partial charge < -0.3 is 10.1 Å². The Balaban J connectivity index is 0.00000180. The molecule has 19 heavy (non-hydrogen) atoms. The molecule has 108 valence electrons. The molecule has 1 saturated heterocycles. The van der Waals surface area contributed by atoms with Crippen LogP contribution in [0.25, 0.3) is 0 Å². The van der Waals surface area contributed by atoms with Crippen LogP contribution < -0.4 is 10.1 Å². The van der Waals surface area contributed by atoms with Crippen molar-refractivity contribution >= 4 is 12.4 Å². The summed E-state index contributed by atoms with van der Waals surface area (Å²) < 4.78 is 68.9. The van der Waals surface area contributed by atoms with Gasteiger partial charge in [0.1, 0.15) is 0 Å². The maximum absolute atomic E-state index is 13.2. The quantitative estimate of drug-likeness (QED) is 0.872. The minimum Gasteiger partial charge on any atom is -0.466 e. The van der Waals surface area contributed by atoms with E-state index in [1.54, 1.807) is 0 Å². The van der Waals surface area contributed by atoms with Crippen LogP contribution in [-0.2, 0) is 0 Å². The predicted octanol–water partition coefficient (Wildman–Crippen LogP) is 2.57. The topological polar surface area (TPSA) is 34.1 Å². The third-order valence-electron chi connectivity index (χ3n) is 2.52. The van der Waals surface area contributed by atoms with Crippen molar-refractivity contribution in [1.82, 2.24) is 10.3 Å².